The second kappa shape index (κ2) is 5.02. The van der Waals surface area contributed by atoms with E-state index in [-0.39, 0.29) is 0 Å². The highest BCUT2D eigenvalue weighted by Crippen LogP contribution is 2.13. The highest BCUT2D eigenvalue weighted by molar-refractivity contribution is 5.48. The first-order chi connectivity index (χ1) is 9.31. The first-order valence-electron chi connectivity index (χ1n) is 6.26. The molecular weight excluding hydrogens is 236 g/mol. The summed E-state index contributed by atoms with van der Waals surface area (Å²) in [6.07, 6.45) is 7.89. The maximum absolute atomic E-state index is 4.21. The van der Waals surface area contributed by atoms with Gasteiger partial charge in [-0.05, 0) is 42.0 Å². The SMILES string of the molecule is Cn1ccc(CNc2ccc(-n3cccn3)cc2)c1. The average molecular weight is 252 g/mol. The third-order valence-corrected chi connectivity index (χ3v) is 3.03. The lowest BCUT2D eigenvalue weighted by molar-refractivity contribution is 0.880. The van der Waals surface area contributed by atoms with E-state index in [1.54, 1.807) is 6.20 Å². The van der Waals surface area contributed by atoms with E-state index in [0.717, 1.165) is 17.9 Å². The predicted molar refractivity (Wildman–Crippen MR) is 76.3 cm³/mol. The predicted octanol–water partition coefficient (Wildman–Crippen LogP) is 2.82. The molecule has 1 aromatic carbocycles. The summed E-state index contributed by atoms with van der Waals surface area (Å²) >= 11 is 0. The lowest BCUT2D eigenvalue weighted by atomic mass is 10.2. The van der Waals surface area contributed by atoms with Crippen molar-refractivity contribution < 1.29 is 0 Å². The highest BCUT2D eigenvalue weighted by Gasteiger charge is 1.98. The molecule has 0 spiro atoms. The minimum Gasteiger partial charge on any atom is -0.381 e. The fraction of sp³-hybridized carbons (Fsp3) is 0.133. The summed E-state index contributed by atoms with van der Waals surface area (Å²) < 4.78 is 3.90. The van der Waals surface area contributed by atoms with Crippen LogP contribution in [0.15, 0.2) is 61.2 Å². The van der Waals surface area contributed by atoms with Crippen LogP contribution in [0, 0.1) is 0 Å². The van der Waals surface area contributed by atoms with Gasteiger partial charge >= 0.3 is 0 Å². The van der Waals surface area contributed by atoms with Crippen LogP contribution in [0.4, 0.5) is 5.69 Å². The van der Waals surface area contributed by atoms with Gasteiger partial charge in [-0.1, -0.05) is 0 Å². The zero-order valence-corrected chi connectivity index (χ0v) is 10.8. The number of nitrogens with zero attached hydrogens (tertiary/aromatic N) is 3. The highest BCUT2D eigenvalue weighted by atomic mass is 15.3. The molecule has 0 aliphatic carbocycles. The number of anilines is 1. The van der Waals surface area contributed by atoms with E-state index in [1.807, 2.05) is 24.0 Å². The van der Waals surface area contributed by atoms with Crippen LogP contribution >= 0.6 is 0 Å². The van der Waals surface area contributed by atoms with E-state index in [0.29, 0.717) is 0 Å². The molecular formula is C15H16N4. The number of aryl methyl sites for hydroxylation is 1. The zero-order valence-electron chi connectivity index (χ0n) is 10.8. The van der Waals surface area contributed by atoms with Gasteiger partial charge in [-0.15, -0.1) is 0 Å². The standard InChI is InChI=1S/C15H16N4/c1-18-10-7-13(12-18)11-16-14-3-5-15(6-4-14)19-9-2-8-17-19/h2-10,12,16H,11H2,1H3. The third-order valence-electron chi connectivity index (χ3n) is 3.03. The number of aromatic nitrogens is 3. The van der Waals surface area contributed by atoms with E-state index in [4.69, 9.17) is 0 Å². The van der Waals surface area contributed by atoms with Crippen molar-refractivity contribution in [3.63, 3.8) is 0 Å². The van der Waals surface area contributed by atoms with Gasteiger partial charge in [0.15, 0.2) is 0 Å². The van der Waals surface area contributed by atoms with Gasteiger partial charge in [0.05, 0.1) is 5.69 Å². The van der Waals surface area contributed by atoms with Gasteiger partial charge in [-0.2, -0.15) is 5.10 Å². The van der Waals surface area contributed by atoms with Crippen molar-refractivity contribution in [2.24, 2.45) is 7.05 Å². The fourth-order valence-corrected chi connectivity index (χ4v) is 2.02. The molecule has 3 rings (SSSR count). The van der Waals surface area contributed by atoms with Crippen molar-refractivity contribution in [1.29, 1.82) is 0 Å². The lowest BCUT2D eigenvalue weighted by Gasteiger charge is -2.06. The Morgan fingerprint density at radius 2 is 1.95 bits per heavy atom. The average Bonchev–Trinajstić information content (AvgIpc) is 3.08. The molecule has 0 radical (unpaired) electrons. The molecule has 4 heteroatoms. The maximum Gasteiger partial charge on any atom is 0.0647 e. The molecule has 4 nitrogen and oxygen atoms in total. The molecule has 0 fully saturated rings. The Hall–Kier alpha value is -2.49. The largest absolute Gasteiger partial charge is 0.381 e. The number of hydrogen-bond acceptors (Lipinski definition) is 2. The minimum atomic E-state index is 0.835. The monoisotopic (exact) mass is 252 g/mol. The summed E-state index contributed by atoms with van der Waals surface area (Å²) in [4.78, 5) is 0. The Kier molecular flexibility index (Phi) is 3.06. The topological polar surface area (TPSA) is 34.8 Å². The molecule has 3 aromatic rings. The van der Waals surface area contributed by atoms with Crippen LogP contribution in [0.1, 0.15) is 5.56 Å². The zero-order chi connectivity index (χ0) is 13.1. The second-order valence-electron chi connectivity index (χ2n) is 4.54. The molecule has 0 unspecified atom stereocenters. The molecule has 0 saturated heterocycles. The van der Waals surface area contributed by atoms with Crippen LogP contribution in [-0.2, 0) is 13.6 Å². The van der Waals surface area contributed by atoms with Gasteiger partial charge < -0.3 is 9.88 Å². The van der Waals surface area contributed by atoms with Crippen LogP contribution in [0.25, 0.3) is 5.69 Å². The quantitative estimate of drug-likeness (QED) is 0.775. The first kappa shape index (κ1) is 11.6. The van der Waals surface area contributed by atoms with Crippen molar-refractivity contribution in [2.75, 3.05) is 5.32 Å². The van der Waals surface area contributed by atoms with E-state index < -0.39 is 0 Å². The van der Waals surface area contributed by atoms with Crippen molar-refractivity contribution in [3.8, 4) is 5.69 Å². The summed E-state index contributed by atoms with van der Waals surface area (Å²) in [5.41, 5.74) is 3.45. The van der Waals surface area contributed by atoms with Crippen LogP contribution in [0.2, 0.25) is 0 Å². The number of benzene rings is 1. The van der Waals surface area contributed by atoms with E-state index in [1.165, 1.54) is 5.56 Å². The lowest BCUT2D eigenvalue weighted by Crippen LogP contribution is -1.99. The van der Waals surface area contributed by atoms with Crippen molar-refractivity contribution in [3.05, 3.63) is 66.7 Å². The maximum atomic E-state index is 4.21. The first-order valence-corrected chi connectivity index (χ1v) is 6.26. The molecule has 2 heterocycles. The molecule has 0 amide bonds. The Balaban J connectivity index is 1.66. The van der Waals surface area contributed by atoms with Crippen molar-refractivity contribution in [1.82, 2.24) is 14.3 Å². The van der Waals surface area contributed by atoms with E-state index in [9.17, 15) is 0 Å². The number of nitrogens with one attached hydrogen (secondary N) is 1. The molecule has 0 saturated carbocycles. The fourth-order valence-electron chi connectivity index (χ4n) is 2.02. The Labute approximate surface area is 112 Å². The van der Waals surface area contributed by atoms with Gasteiger partial charge in [0, 0.05) is 44.1 Å². The van der Waals surface area contributed by atoms with Crippen molar-refractivity contribution >= 4 is 5.69 Å². The molecule has 0 bridgehead atoms. The summed E-state index contributed by atoms with van der Waals surface area (Å²) in [5.74, 6) is 0. The number of rotatable bonds is 4. The van der Waals surface area contributed by atoms with Gasteiger partial charge in [-0.25, -0.2) is 4.68 Å². The van der Waals surface area contributed by atoms with Gasteiger partial charge in [-0.3, -0.25) is 0 Å². The summed E-state index contributed by atoms with van der Waals surface area (Å²) in [7, 11) is 2.03. The Morgan fingerprint density at radius 1 is 1.11 bits per heavy atom. The number of hydrogen-bond donors (Lipinski definition) is 1. The Bertz CT molecular complexity index is 635. The molecule has 1 N–H and O–H groups in total. The smallest absolute Gasteiger partial charge is 0.0647 e. The normalized spacial score (nSPS) is 10.6. The van der Waals surface area contributed by atoms with Crippen LogP contribution < -0.4 is 5.32 Å². The van der Waals surface area contributed by atoms with E-state index in [2.05, 4.69) is 57.7 Å². The molecule has 19 heavy (non-hydrogen) atoms. The minimum absolute atomic E-state index is 0.835. The second-order valence-corrected chi connectivity index (χ2v) is 4.54. The van der Waals surface area contributed by atoms with Crippen LogP contribution in [-0.4, -0.2) is 14.3 Å². The molecule has 2 aromatic heterocycles. The third kappa shape index (κ3) is 2.68. The molecule has 0 aliphatic heterocycles. The Morgan fingerprint density at radius 3 is 2.58 bits per heavy atom. The van der Waals surface area contributed by atoms with E-state index >= 15 is 0 Å². The van der Waals surface area contributed by atoms with Crippen LogP contribution in [0.3, 0.4) is 0 Å². The molecule has 0 aliphatic rings. The van der Waals surface area contributed by atoms with Gasteiger partial charge in [0.1, 0.15) is 0 Å². The van der Waals surface area contributed by atoms with Crippen LogP contribution in [0.5, 0.6) is 0 Å². The summed E-state index contributed by atoms with van der Waals surface area (Å²) in [6, 6.07) is 12.3. The van der Waals surface area contributed by atoms with Gasteiger partial charge in [0.25, 0.3) is 0 Å². The summed E-state index contributed by atoms with van der Waals surface area (Å²) in [5, 5.41) is 7.61. The molecule has 0 atom stereocenters. The van der Waals surface area contributed by atoms with Gasteiger partial charge in [0.2, 0.25) is 0 Å². The summed E-state index contributed by atoms with van der Waals surface area (Å²) in [6.45, 7) is 0.835. The van der Waals surface area contributed by atoms with Crippen molar-refractivity contribution in [2.45, 2.75) is 6.54 Å². The molecule has 96 valence electrons.